The highest BCUT2D eigenvalue weighted by molar-refractivity contribution is 7.98. The highest BCUT2D eigenvalue weighted by Gasteiger charge is 2.14. The van der Waals surface area contributed by atoms with Crippen LogP contribution in [0.2, 0.25) is 0 Å². The second-order valence-electron chi connectivity index (χ2n) is 6.51. The molecule has 0 saturated carbocycles. The fourth-order valence-corrected chi connectivity index (χ4v) is 4.91. The summed E-state index contributed by atoms with van der Waals surface area (Å²) in [6.45, 7) is 5.48. The number of nitrogens with zero attached hydrogens (tertiary/aromatic N) is 2. The lowest BCUT2D eigenvalue weighted by Gasteiger charge is -2.11. The van der Waals surface area contributed by atoms with Gasteiger partial charge in [-0.05, 0) is 29.1 Å². The van der Waals surface area contributed by atoms with Gasteiger partial charge in [0, 0.05) is 42.4 Å². The molecule has 0 saturated heterocycles. The van der Waals surface area contributed by atoms with Crippen molar-refractivity contribution in [3.8, 4) is 0 Å². The van der Waals surface area contributed by atoms with Crippen molar-refractivity contribution in [2.45, 2.75) is 24.4 Å². The van der Waals surface area contributed by atoms with Crippen molar-refractivity contribution in [2.24, 2.45) is 0 Å². The summed E-state index contributed by atoms with van der Waals surface area (Å²) in [5.74, 6) is 0.209. The normalized spacial score (nSPS) is 11.1. The van der Waals surface area contributed by atoms with Gasteiger partial charge in [0.05, 0.1) is 5.39 Å². The maximum atomic E-state index is 12.8. The largest absolute Gasteiger partial charge is 0.423 e. The minimum atomic E-state index is -0.483. The molecule has 3 heterocycles. The lowest BCUT2D eigenvalue weighted by Crippen LogP contribution is -2.22. The number of thiophene rings is 1. The lowest BCUT2D eigenvalue weighted by atomic mass is 10.1. The summed E-state index contributed by atoms with van der Waals surface area (Å²) in [6, 6.07) is 8.38. The Morgan fingerprint density at radius 1 is 1.30 bits per heavy atom. The summed E-state index contributed by atoms with van der Waals surface area (Å²) in [4.78, 5) is 41.4. The minimum Gasteiger partial charge on any atom is -0.423 e. The summed E-state index contributed by atoms with van der Waals surface area (Å²) in [5, 5.41) is 6.42. The van der Waals surface area contributed by atoms with E-state index in [1.165, 1.54) is 36.1 Å². The number of hydrogen-bond donors (Lipinski definition) is 1. The molecule has 0 atom stereocenters. The second kappa shape index (κ2) is 8.29. The van der Waals surface area contributed by atoms with E-state index in [-0.39, 0.29) is 11.5 Å². The Morgan fingerprint density at radius 2 is 2.13 bits per heavy atom. The third-order valence-electron chi connectivity index (χ3n) is 4.37. The number of thioether (sulfide) groups is 1. The highest BCUT2D eigenvalue weighted by Crippen LogP contribution is 2.28. The number of allylic oxidation sites excluding steroid dienone is 1. The van der Waals surface area contributed by atoms with Gasteiger partial charge < -0.3 is 9.73 Å². The predicted octanol–water partition coefficient (Wildman–Crippen LogP) is 4.00. The zero-order valence-electron chi connectivity index (χ0n) is 16.0. The van der Waals surface area contributed by atoms with Crippen molar-refractivity contribution in [1.82, 2.24) is 9.55 Å². The van der Waals surface area contributed by atoms with Gasteiger partial charge in [0.25, 0.3) is 5.56 Å². The number of amides is 1. The summed E-state index contributed by atoms with van der Waals surface area (Å²) in [5.41, 5.74) is 1.10. The van der Waals surface area contributed by atoms with E-state index in [1.807, 2.05) is 5.38 Å². The van der Waals surface area contributed by atoms with Crippen molar-refractivity contribution in [1.29, 1.82) is 0 Å². The first kappa shape index (κ1) is 20.1. The van der Waals surface area contributed by atoms with E-state index >= 15 is 0 Å². The number of rotatable bonds is 6. The molecule has 0 aliphatic carbocycles. The van der Waals surface area contributed by atoms with Crippen LogP contribution in [0.15, 0.2) is 67.5 Å². The minimum absolute atomic E-state index is 0.110. The number of carbonyl (C=O) groups is 1. The molecule has 0 fully saturated rings. The van der Waals surface area contributed by atoms with Gasteiger partial charge in [0.2, 0.25) is 5.91 Å². The van der Waals surface area contributed by atoms with Crippen LogP contribution in [-0.2, 0) is 17.1 Å². The third-order valence-corrected chi connectivity index (χ3v) is 6.20. The van der Waals surface area contributed by atoms with E-state index in [4.69, 9.17) is 4.42 Å². The molecule has 7 nitrogen and oxygen atoms in total. The van der Waals surface area contributed by atoms with Crippen LogP contribution in [0.4, 0.5) is 5.69 Å². The van der Waals surface area contributed by atoms with Crippen LogP contribution in [0.3, 0.4) is 0 Å². The van der Waals surface area contributed by atoms with Crippen molar-refractivity contribution in [3.63, 3.8) is 0 Å². The molecule has 30 heavy (non-hydrogen) atoms. The van der Waals surface area contributed by atoms with Gasteiger partial charge >= 0.3 is 5.63 Å². The topological polar surface area (TPSA) is 94.2 Å². The number of carbonyl (C=O) groups excluding carboxylic acids is 1. The zero-order valence-corrected chi connectivity index (χ0v) is 17.6. The van der Waals surface area contributed by atoms with Crippen LogP contribution in [0.1, 0.15) is 12.5 Å². The Labute approximate surface area is 179 Å². The maximum Gasteiger partial charge on any atom is 0.336 e. The molecule has 1 aromatic carbocycles. The number of fused-ring (bicyclic) bond motifs is 2. The molecular formula is C21H17N3O4S2. The van der Waals surface area contributed by atoms with Crippen LogP contribution in [-0.4, -0.2) is 15.5 Å². The number of aromatic nitrogens is 2. The molecular weight excluding hydrogens is 422 g/mol. The maximum absolute atomic E-state index is 12.8. The Kier molecular flexibility index (Phi) is 5.56. The predicted molar refractivity (Wildman–Crippen MR) is 120 cm³/mol. The van der Waals surface area contributed by atoms with E-state index in [0.29, 0.717) is 38.9 Å². The van der Waals surface area contributed by atoms with E-state index in [9.17, 15) is 14.4 Å². The molecule has 3 aromatic heterocycles. The average molecular weight is 440 g/mol. The molecule has 4 aromatic rings. The van der Waals surface area contributed by atoms with Gasteiger partial charge in [0.15, 0.2) is 5.16 Å². The van der Waals surface area contributed by atoms with Crippen molar-refractivity contribution >= 4 is 55.9 Å². The summed E-state index contributed by atoms with van der Waals surface area (Å²) in [7, 11) is 0. The monoisotopic (exact) mass is 439 g/mol. The van der Waals surface area contributed by atoms with Gasteiger partial charge in [-0.3, -0.25) is 14.2 Å². The fourth-order valence-electron chi connectivity index (χ4n) is 3.10. The summed E-state index contributed by atoms with van der Waals surface area (Å²) >= 11 is 2.78. The standard InChI is InChI=1S/C21H17N3O4S2/c1-3-7-24-20(27)16-6-8-29-19(16)23-21(24)30-11-13-9-18(26)28-17-10-14(22-12(2)25)4-5-15(13)17/h3-6,8-10H,1,7,11H2,2H3,(H,22,25). The second-order valence-corrected chi connectivity index (χ2v) is 8.35. The molecule has 4 rings (SSSR count). The van der Waals surface area contributed by atoms with Crippen LogP contribution < -0.4 is 16.5 Å². The number of hydrogen-bond acceptors (Lipinski definition) is 7. The molecule has 0 unspecified atom stereocenters. The zero-order chi connectivity index (χ0) is 21.3. The molecule has 1 N–H and O–H groups in total. The van der Waals surface area contributed by atoms with Crippen LogP contribution in [0.25, 0.3) is 21.2 Å². The van der Waals surface area contributed by atoms with Gasteiger partial charge in [-0.1, -0.05) is 17.8 Å². The molecule has 152 valence electrons. The molecule has 0 aliphatic rings. The molecule has 0 spiro atoms. The van der Waals surface area contributed by atoms with Crippen molar-refractivity contribution < 1.29 is 9.21 Å². The van der Waals surface area contributed by atoms with Crippen molar-refractivity contribution in [3.05, 3.63) is 74.7 Å². The Hall–Kier alpha value is -3.17. The molecule has 0 aliphatic heterocycles. The fraction of sp³-hybridized carbons (Fsp3) is 0.143. The number of benzene rings is 1. The quantitative estimate of drug-likeness (QED) is 0.211. The van der Waals surface area contributed by atoms with Gasteiger partial charge in [0.1, 0.15) is 10.4 Å². The third kappa shape index (κ3) is 3.94. The van der Waals surface area contributed by atoms with Gasteiger partial charge in [-0.2, -0.15) is 0 Å². The first-order valence-electron chi connectivity index (χ1n) is 9.02. The van der Waals surface area contributed by atoms with Crippen LogP contribution in [0.5, 0.6) is 0 Å². The summed E-state index contributed by atoms with van der Waals surface area (Å²) in [6.07, 6.45) is 1.65. The molecule has 1 amide bonds. The van der Waals surface area contributed by atoms with Crippen LogP contribution >= 0.6 is 23.1 Å². The number of nitrogens with one attached hydrogen (secondary N) is 1. The van der Waals surface area contributed by atoms with E-state index in [1.54, 1.807) is 34.9 Å². The smallest absolute Gasteiger partial charge is 0.336 e. The molecule has 0 radical (unpaired) electrons. The first-order valence-corrected chi connectivity index (χ1v) is 10.9. The highest BCUT2D eigenvalue weighted by atomic mass is 32.2. The van der Waals surface area contributed by atoms with Gasteiger partial charge in [-0.25, -0.2) is 9.78 Å². The SMILES string of the molecule is C=CCn1c(SCc2cc(=O)oc3cc(NC(C)=O)ccc23)nc2sccc2c1=O. The van der Waals surface area contributed by atoms with Crippen molar-refractivity contribution in [2.75, 3.05) is 5.32 Å². The molecule has 0 bridgehead atoms. The van der Waals surface area contributed by atoms with E-state index in [0.717, 1.165) is 10.9 Å². The van der Waals surface area contributed by atoms with Crippen LogP contribution in [0, 0.1) is 0 Å². The van der Waals surface area contributed by atoms with E-state index in [2.05, 4.69) is 16.9 Å². The first-order chi connectivity index (χ1) is 14.5. The Morgan fingerprint density at radius 3 is 2.90 bits per heavy atom. The Bertz CT molecular complexity index is 1400. The lowest BCUT2D eigenvalue weighted by molar-refractivity contribution is -0.114. The molecule has 9 heteroatoms. The van der Waals surface area contributed by atoms with Gasteiger partial charge in [-0.15, -0.1) is 17.9 Å². The summed E-state index contributed by atoms with van der Waals surface area (Å²) < 4.78 is 6.89. The average Bonchev–Trinajstić information content (AvgIpc) is 3.16. The number of anilines is 1. The Balaban J connectivity index is 1.72. The van der Waals surface area contributed by atoms with E-state index < -0.39 is 5.63 Å².